The Bertz CT molecular complexity index is 348. The molecule has 2 atom stereocenters. The fourth-order valence-corrected chi connectivity index (χ4v) is 2.52. The average molecular weight is 218 g/mol. The van der Waals surface area contributed by atoms with E-state index in [0.29, 0.717) is 12.1 Å². The van der Waals surface area contributed by atoms with E-state index in [1.807, 2.05) is 0 Å². The van der Waals surface area contributed by atoms with Crippen molar-refractivity contribution in [1.82, 2.24) is 4.90 Å². The number of piperidine rings is 1. The molecule has 88 valence electrons. The van der Waals surface area contributed by atoms with Crippen molar-refractivity contribution in [2.75, 3.05) is 13.6 Å². The minimum atomic E-state index is 0.367. The van der Waals surface area contributed by atoms with Gasteiger partial charge in [0.1, 0.15) is 0 Å². The lowest BCUT2D eigenvalue weighted by atomic mass is 9.92. The molecule has 1 aromatic carbocycles. The number of hydrogen-bond donors (Lipinski definition) is 1. The van der Waals surface area contributed by atoms with Crippen LogP contribution in [0.25, 0.3) is 0 Å². The molecule has 1 aliphatic heterocycles. The Morgan fingerprint density at radius 3 is 3.00 bits per heavy atom. The summed E-state index contributed by atoms with van der Waals surface area (Å²) in [6.07, 6.45) is 3.32. The summed E-state index contributed by atoms with van der Waals surface area (Å²) in [5.74, 6) is 0. The smallest absolute Gasteiger partial charge is 0.0359 e. The quantitative estimate of drug-likeness (QED) is 0.825. The fraction of sp³-hybridized carbons (Fsp3) is 0.571. The molecule has 0 aliphatic carbocycles. The maximum Gasteiger partial charge on any atom is 0.0359 e. The number of nitrogens with zero attached hydrogens (tertiary/aromatic N) is 1. The molecule has 2 nitrogen and oxygen atoms in total. The van der Waals surface area contributed by atoms with Gasteiger partial charge >= 0.3 is 0 Å². The van der Waals surface area contributed by atoms with Gasteiger partial charge in [-0.05, 0) is 44.0 Å². The Kier molecular flexibility index (Phi) is 3.62. The van der Waals surface area contributed by atoms with Gasteiger partial charge in [0.2, 0.25) is 0 Å². The zero-order valence-corrected chi connectivity index (χ0v) is 10.3. The molecule has 2 heteroatoms. The van der Waals surface area contributed by atoms with Gasteiger partial charge in [-0.15, -0.1) is 0 Å². The second-order valence-corrected chi connectivity index (χ2v) is 4.88. The maximum absolute atomic E-state index is 6.07. The zero-order valence-electron chi connectivity index (χ0n) is 10.3. The molecule has 0 saturated carbocycles. The number of aryl methyl sites for hydroxylation is 1. The third-order valence-corrected chi connectivity index (χ3v) is 3.65. The molecule has 1 heterocycles. The minimum absolute atomic E-state index is 0.367. The molecule has 2 unspecified atom stereocenters. The van der Waals surface area contributed by atoms with E-state index in [1.54, 1.807) is 0 Å². The molecule has 0 aromatic heterocycles. The van der Waals surface area contributed by atoms with Crippen LogP contribution in [-0.2, 0) is 6.42 Å². The topological polar surface area (TPSA) is 29.3 Å². The second-order valence-electron chi connectivity index (χ2n) is 4.88. The van der Waals surface area contributed by atoms with Gasteiger partial charge < -0.3 is 5.73 Å². The number of nitrogens with two attached hydrogens (primary N) is 1. The molecule has 1 saturated heterocycles. The number of benzene rings is 1. The number of rotatable bonds is 2. The van der Waals surface area contributed by atoms with Gasteiger partial charge in [-0.1, -0.05) is 31.2 Å². The molecular formula is C14H22N2. The van der Waals surface area contributed by atoms with Gasteiger partial charge in [-0.25, -0.2) is 0 Å². The summed E-state index contributed by atoms with van der Waals surface area (Å²) in [5.41, 5.74) is 8.92. The van der Waals surface area contributed by atoms with E-state index in [0.717, 1.165) is 25.8 Å². The lowest BCUT2D eigenvalue weighted by molar-refractivity contribution is 0.171. The molecule has 1 aliphatic rings. The van der Waals surface area contributed by atoms with Crippen LogP contribution in [0.5, 0.6) is 0 Å². The van der Waals surface area contributed by atoms with Crippen molar-refractivity contribution in [1.29, 1.82) is 0 Å². The van der Waals surface area contributed by atoms with Gasteiger partial charge in [0, 0.05) is 12.1 Å². The third-order valence-electron chi connectivity index (χ3n) is 3.65. The molecule has 0 spiro atoms. The lowest BCUT2D eigenvalue weighted by Crippen LogP contribution is -2.39. The highest BCUT2D eigenvalue weighted by atomic mass is 15.1. The van der Waals surface area contributed by atoms with Crippen LogP contribution in [0.15, 0.2) is 24.3 Å². The van der Waals surface area contributed by atoms with Crippen LogP contribution < -0.4 is 5.73 Å². The molecule has 0 radical (unpaired) electrons. The summed E-state index contributed by atoms with van der Waals surface area (Å²) in [6, 6.07) is 9.81. The summed E-state index contributed by atoms with van der Waals surface area (Å²) in [4.78, 5) is 2.43. The van der Waals surface area contributed by atoms with Crippen LogP contribution in [0.3, 0.4) is 0 Å². The van der Waals surface area contributed by atoms with Crippen molar-refractivity contribution >= 4 is 0 Å². The monoisotopic (exact) mass is 218 g/mol. The van der Waals surface area contributed by atoms with Crippen LogP contribution in [0.2, 0.25) is 0 Å². The summed E-state index contributed by atoms with van der Waals surface area (Å²) >= 11 is 0. The highest BCUT2D eigenvalue weighted by Gasteiger charge is 2.24. The van der Waals surface area contributed by atoms with Crippen LogP contribution in [0.4, 0.5) is 0 Å². The van der Waals surface area contributed by atoms with Crippen molar-refractivity contribution in [3.8, 4) is 0 Å². The van der Waals surface area contributed by atoms with Crippen LogP contribution in [0.1, 0.15) is 36.9 Å². The first kappa shape index (κ1) is 11.6. The Hall–Kier alpha value is -0.860. The molecule has 1 fully saturated rings. The Labute approximate surface area is 98.4 Å². The standard InChI is InChI=1S/C14H22N2/c1-3-11-5-4-6-12(9-11)14-10-13(15)7-8-16(14)2/h4-6,9,13-14H,3,7-8,10,15H2,1-2H3. The first-order chi connectivity index (χ1) is 7.70. The first-order valence-corrected chi connectivity index (χ1v) is 6.25. The predicted octanol–water partition coefficient (Wildman–Crippen LogP) is 2.34. The van der Waals surface area contributed by atoms with E-state index < -0.39 is 0 Å². The molecular weight excluding hydrogens is 196 g/mol. The van der Waals surface area contributed by atoms with E-state index in [2.05, 4.69) is 43.1 Å². The Balaban J connectivity index is 2.20. The number of hydrogen-bond acceptors (Lipinski definition) is 2. The van der Waals surface area contributed by atoms with E-state index in [4.69, 9.17) is 5.73 Å². The predicted molar refractivity (Wildman–Crippen MR) is 68.4 cm³/mol. The SMILES string of the molecule is CCc1cccc(C2CC(N)CCN2C)c1. The second kappa shape index (κ2) is 4.98. The van der Waals surface area contributed by atoms with Crippen LogP contribution in [-0.4, -0.2) is 24.5 Å². The molecule has 2 N–H and O–H groups in total. The van der Waals surface area contributed by atoms with Crippen molar-refractivity contribution in [3.63, 3.8) is 0 Å². The van der Waals surface area contributed by atoms with Crippen molar-refractivity contribution < 1.29 is 0 Å². The van der Waals surface area contributed by atoms with Gasteiger partial charge in [0.25, 0.3) is 0 Å². The van der Waals surface area contributed by atoms with E-state index >= 15 is 0 Å². The highest BCUT2D eigenvalue weighted by Crippen LogP contribution is 2.29. The fourth-order valence-electron chi connectivity index (χ4n) is 2.52. The van der Waals surface area contributed by atoms with E-state index in [1.165, 1.54) is 11.1 Å². The van der Waals surface area contributed by atoms with Crippen LogP contribution >= 0.6 is 0 Å². The summed E-state index contributed by atoms with van der Waals surface area (Å²) < 4.78 is 0. The normalized spacial score (nSPS) is 26.9. The maximum atomic E-state index is 6.07. The molecule has 1 aromatic rings. The highest BCUT2D eigenvalue weighted by molar-refractivity contribution is 5.26. The van der Waals surface area contributed by atoms with Gasteiger partial charge in [-0.3, -0.25) is 4.90 Å². The summed E-state index contributed by atoms with van der Waals surface area (Å²) in [5, 5.41) is 0. The lowest BCUT2D eigenvalue weighted by Gasteiger charge is -2.36. The van der Waals surface area contributed by atoms with E-state index in [-0.39, 0.29) is 0 Å². The largest absolute Gasteiger partial charge is 0.328 e. The minimum Gasteiger partial charge on any atom is -0.328 e. The van der Waals surface area contributed by atoms with E-state index in [9.17, 15) is 0 Å². The Morgan fingerprint density at radius 1 is 1.44 bits per heavy atom. The van der Waals surface area contributed by atoms with Crippen molar-refractivity contribution in [3.05, 3.63) is 35.4 Å². The van der Waals surface area contributed by atoms with Gasteiger partial charge in [0.05, 0.1) is 0 Å². The third kappa shape index (κ3) is 2.45. The van der Waals surface area contributed by atoms with Crippen molar-refractivity contribution in [2.45, 2.75) is 38.3 Å². The van der Waals surface area contributed by atoms with Crippen LogP contribution in [0, 0.1) is 0 Å². The molecule has 16 heavy (non-hydrogen) atoms. The first-order valence-electron chi connectivity index (χ1n) is 6.25. The summed E-state index contributed by atoms with van der Waals surface area (Å²) in [6.45, 7) is 3.32. The molecule has 2 rings (SSSR count). The molecule has 0 amide bonds. The zero-order chi connectivity index (χ0) is 11.5. The Morgan fingerprint density at radius 2 is 2.25 bits per heavy atom. The van der Waals surface area contributed by atoms with Crippen molar-refractivity contribution in [2.24, 2.45) is 5.73 Å². The van der Waals surface area contributed by atoms with Gasteiger partial charge in [-0.2, -0.15) is 0 Å². The number of likely N-dealkylation sites (tertiary alicyclic amines) is 1. The average Bonchev–Trinajstić information content (AvgIpc) is 2.32. The van der Waals surface area contributed by atoms with Gasteiger partial charge in [0.15, 0.2) is 0 Å². The summed E-state index contributed by atoms with van der Waals surface area (Å²) in [7, 11) is 2.20. The molecule has 0 bridgehead atoms.